The van der Waals surface area contributed by atoms with Crippen LogP contribution in [0.1, 0.15) is 27.7 Å². The second-order valence-corrected chi connectivity index (χ2v) is 2.95. The third kappa shape index (κ3) is 4.47. The van der Waals surface area contributed by atoms with Crippen LogP contribution < -0.4 is 0 Å². The largest absolute Gasteiger partial charge is 0.300 e. The van der Waals surface area contributed by atoms with Gasteiger partial charge in [0.15, 0.2) is 11.9 Å². The maximum Gasteiger partial charge on any atom is 0.154 e. The fraction of sp³-hybridized carbons (Fsp3) is 0.857. The molecular weight excluding hydrogens is 132 g/mol. The van der Waals surface area contributed by atoms with Gasteiger partial charge in [0.25, 0.3) is 0 Å². The zero-order valence-electron chi connectivity index (χ0n) is 6.88. The van der Waals surface area contributed by atoms with Crippen molar-refractivity contribution >= 4 is 6.29 Å². The summed E-state index contributed by atoms with van der Waals surface area (Å²) in [4.78, 5) is 19.8. The molecule has 0 bridgehead atoms. The minimum Gasteiger partial charge on any atom is -0.300 e. The summed E-state index contributed by atoms with van der Waals surface area (Å²) in [6.45, 7) is 6.95. The number of carbonyl (C=O) groups excluding carboxylic acids is 1. The fourth-order valence-corrected chi connectivity index (χ4v) is 0.240. The van der Waals surface area contributed by atoms with Crippen LogP contribution in [-0.2, 0) is 14.6 Å². The summed E-state index contributed by atoms with van der Waals surface area (Å²) in [6, 6.07) is 0. The summed E-state index contributed by atoms with van der Waals surface area (Å²) >= 11 is 0. The molecule has 0 unspecified atom stereocenters. The van der Waals surface area contributed by atoms with Crippen molar-refractivity contribution in [3.05, 3.63) is 0 Å². The van der Waals surface area contributed by atoms with Crippen LogP contribution in [0, 0.1) is 0 Å². The Morgan fingerprint density at radius 2 is 1.90 bits per heavy atom. The second-order valence-electron chi connectivity index (χ2n) is 2.95. The molecule has 0 radical (unpaired) electrons. The highest BCUT2D eigenvalue weighted by molar-refractivity contribution is 5.60. The van der Waals surface area contributed by atoms with E-state index in [1.807, 2.05) is 13.8 Å². The van der Waals surface area contributed by atoms with Crippen LogP contribution in [0.3, 0.4) is 0 Å². The van der Waals surface area contributed by atoms with Crippen molar-refractivity contribution in [3.8, 4) is 0 Å². The van der Waals surface area contributed by atoms with E-state index in [-0.39, 0.29) is 6.10 Å². The number of aldehydes is 1. The number of hydrogen-bond donors (Lipinski definition) is 0. The second kappa shape index (κ2) is 3.68. The predicted molar refractivity (Wildman–Crippen MR) is 37.4 cm³/mol. The van der Waals surface area contributed by atoms with Gasteiger partial charge in [-0.05, 0) is 27.7 Å². The summed E-state index contributed by atoms with van der Waals surface area (Å²) in [5.74, 6) is 0. The maximum atomic E-state index is 10.2. The third-order valence-electron chi connectivity index (χ3n) is 0.739. The average molecular weight is 146 g/mol. The average Bonchev–Trinajstić information content (AvgIpc) is 1.85. The molecule has 0 aliphatic carbocycles. The van der Waals surface area contributed by atoms with E-state index < -0.39 is 5.60 Å². The van der Waals surface area contributed by atoms with Crippen molar-refractivity contribution in [2.75, 3.05) is 0 Å². The van der Waals surface area contributed by atoms with Crippen LogP contribution in [-0.4, -0.2) is 18.0 Å². The summed E-state index contributed by atoms with van der Waals surface area (Å²) < 4.78 is 0. The Bertz CT molecular complexity index is 107. The van der Waals surface area contributed by atoms with E-state index in [9.17, 15) is 4.79 Å². The third-order valence-corrected chi connectivity index (χ3v) is 0.739. The first-order valence-corrected chi connectivity index (χ1v) is 3.29. The van der Waals surface area contributed by atoms with Crippen molar-refractivity contribution in [2.45, 2.75) is 39.4 Å². The number of hydrogen-bond acceptors (Lipinski definition) is 3. The van der Waals surface area contributed by atoms with Crippen LogP contribution in [0.2, 0.25) is 0 Å². The van der Waals surface area contributed by atoms with Gasteiger partial charge in [0, 0.05) is 0 Å². The number of carbonyl (C=O) groups is 1. The Balaban J connectivity index is 3.56. The van der Waals surface area contributed by atoms with E-state index in [1.165, 1.54) is 0 Å². The molecule has 0 aliphatic rings. The molecule has 0 spiro atoms. The van der Waals surface area contributed by atoms with E-state index in [2.05, 4.69) is 0 Å². The van der Waals surface area contributed by atoms with Gasteiger partial charge in [-0.3, -0.25) is 0 Å². The van der Waals surface area contributed by atoms with Gasteiger partial charge in [-0.15, -0.1) is 0 Å². The molecule has 0 amide bonds. The van der Waals surface area contributed by atoms with Gasteiger partial charge in [-0.2, -0.15) is 0 Å². The van der Waals surface area contributed by atoms with E-state index in [4.69, 9.17) is 9.78 Å². The zero-order valence-corrected chi connectivity index (χ0v) is 6.88. The maximum absolute atomic E-state index is 10.2. The van der Waals surface area contributed by atoms with E-state index in [0.29, 0.717) is 6.29 Å². The SMILES string of the molecule is CC(C)OOC(C)(C)C=O. The van der Waals surface area contributed by atoms with Gasteiger partial charge in [0.05, 0.1) is 6.10 Å². The van der Waals surface area contributed by atoms with Gasteiger partial charge < -0.3 is 4.79 Å². The molecule has 0 saturated carbocycles. The molecule has 0 fully saturated rings. The van der Waals surface area contributed by atoms with Crippen molar-refractivity contribution in [2.24, 2.45) is 0 Å². The molecule has 0 atom stereocenters. The van der Waals surface area contributed by atoms with Crippen molar-refractivity contribution < 1.29 is 14.6 Å². The first-order valence-electron chi connectivity index (χ1n) is 3.29. The van der Waals surface area contributed by atoms with Crippen LogP contribution in [0.25, 0.3) is 0 Å². The predicted octanol–water partition coefficient (Wildman–Crippen LogP) is 1.32. The first kappa shape index (κ1) is 9.59. The quantitative estimate of drug-likeness (QED) is 0.341. The zero-order chi connectivity index (χ0) is 8.20. The van der Waals surface area contributed by atoms with Gasteiger partial charge in [-0.25, -0.2) is 9.78 Å². The van der Waals surface area contributed by atoms with Crippen LogP contribution in [0.15, 0.2) is 0 Å². The van der Waals surface area contributed by atoms with Crippen molar-refractivity contribution in [1.29, 1.82) is 0 Å². The minimum atomic E-state index is -0.829. The Morgan fingerprint density at radius 3 is 2.20 bits per heavy atom. The lowest BCUT2D eigenvalue weighted by Crippen LogP contribution is -2.27. The normalized spacial score (nSPS) is 12.1. The molecule has 3 heteroatoms. The summed E-state index contributed by atoms with van der Waals surface area (Å²) in [6.07, 6.45) is 0.689. The molecule has 10 heavy (non-hydrogen) atoms. The Kier molecular flexibility index (Phi) is 3.53. The van der Waals surface area contributed by atoms with E-state index in [1.54, 1.807) is 13.8 Å². The molecule has 0 aromatic carbocycles. The Labute approximate surface area is 61.2 Å². The summed E-state index contributed by atoms with van der Waals surface area (Å²) in [5, 5.41) is 0. The fourth-order valence-electron chi connectivity index (χ4n) is 0.240. The molecule has 0 aliphatic heterocycles. The molecule has 0 saturated heterocycles. The molecule has 0 aromatic rings. The van der Waals surface area contributed by atoms with Gasteiger partial charge in [0.1, 0.15) is 0 Å². The van der Waals surface area contributed by atoms with Gasteiger partial charge in [-0.1, -0.05) is 0 Å². The highest BCUT2D eigenvalue weighted by Crippen LogP contribution is 2.06. The Morgan fingerprint density at radius 1 is 1.40 bits per heavy atom. The molecular formula is C7H14O3. The highest BCUT2D eigenvalue weighted by atomic mass is 17.2. The molecule has 0 aromatic heterocycles. The van der Waals surface area contributed by atoms with Crippen LogP contribution in [0.4, 0.5) is 0 Å². The first-order chi connectivity index (χ1) is 4.48. The van der Waals surface area contributed by atoms with Gasteiger partial charge >= 0.3 is 0 Å². The molecule has 3 nitrogen and oxygen atoms in total. The van der Waals surface area contributed by atoms with Crippen LogP contribution >= 0.6 is 0 Å². The lowest BCUT2D eigenvalue weighted by Gasteiger charge is -2.17. The van der Waals surface area contributed by atoms with Crippen molar-refractivity contribution in [1.82, 2.24) is 0 Å². The van der Waals surface area contributed by atoms with E-state index >= 15 is 0 Å². The van der Waals surface area contributed by atoms with Crippen molar-refractivity contribution in [3.63, 3.8) is 0 Å². The summed E-state index contributed by atoms with van der Waals surface area (Å²) in [5.41, 5.74) is -0.829. The molecule has 0 heterocycles. The highest BCUT2D eigenvalue weighted by Gasteiger charge is 2.18. The Hall–Kier alpha value is -0.410. The monoisotopic (exact) mass is 146 g/mol. The minimum absolute atomic E-state index is 0.0146. The van der Waals surface area contributed by atoms with Gasteiger partial charge in [0.2, 0.25) is 0 Å². The molecule has 0 rings (SSSR count). The lowest BCUT2D eigenvalue weighted by atomic mass is 10.2. The molecule has 0 N–H and O–H groups in total. The van der Waals surface area contributed by atoms with Crippen LogP contribution in [0.5, 0.6) is 0 Å². The number of rotatable bonds is 4. The lowest BCUT2D eigenvalue weighted by molar-refractivity contribution is -0.358. The standard InChI is InChI=1S/C7H14O3/c1-6(2)9-10-7(3,4)5-8/h5-6H,1-4H3. The summed E-state index contributed by atoms with van der Waals surface area (Å²) in [7, 11) is 0. The van der Waals surface area contributed by atoms with E-state index in [0.717, 1.165) is 0 Å². The topological polar surface area (TPSA) is 35.5 Å². The molecule has 60 valence electrons. The smallest absolute Gasteiger partial charge is 0.154 e.